The van der Waals surface area contributed by atoms with Crippen LogP contribution < -0.4 is 9.64 Å². The molecule has 4 rings (SSSR count). The van der Waals surface area contributed by atoms with Gasteiger partial charge in [-0.25, -0.2) is 0 Å². The van der Waals surface area contributed by atoms with Gasteiger partial charge in [-0.1, -0.05) is 30.3 Å². The second-order valence-corrected chi connectivity index (χ2v) is 5.61. The fourth-order valence-electron chi connectivity index (χ4n) is 3.12. The number of benzene rings is 2. The van der Waals surface area contributed by atoms with Gasteiger partial charge in [0.05, 0.1) is 30.8 Å². The molecule has 0 radical (unpaired) electrons. The van der Waals surface area contributed by atoms with E-state index in [1.807, 2.05) is 59.5 Å². The number of β-lactam (4-membered cyclic amide) rings is 1. The van der Waals surface area contributed by atoms with Gasteiger partial charge in [0.15, 0.2) is 0 Å². The predicted molar refractivity (Wildman–Crippen MR) is 89.6 cm³/mol. The van der Waals surface area contributed by atoms with Gasteiger partial charge in [0.1, 0.15) is 5.75 Å². The molecule has 4 heteroatoms. The minimum Gasteiger partial charge on any atom is -0.497 e. The molecule has 0 bridgehead atoms. The summed E-state index contributed by atoms with van der Waals surface area (Å²) >= 11 is 0. The Balaban J connectivity index is 1.78. The fourth-order valence-corrected chi connectivity index (χ4v) is 3.12. The molecule has 1 saturated heterocycles. The zero-order chi connectivity index (χ0) is 15.8. The Hall–Kier alpha value is -2.88. The topological polar surface area (TPSA) is 42.4 Å². The molecule has 1 fully saturated rings. The van der Waals surface area contributed by atoms with E-state index in [2.05, 4.69) is 4.98 Å². The lowest BCUT2D eigenvalue weighted by atomic mass is 9.92. The van der Waals surface area contributed by atoms with E-state index in [1.54, 1.807) is 13.3 Å². The normalized spacial score (nSPS) is 17.2. The average Bonchev–Trinajstić information content (AvgIpc) is 2.60. The summed E-state index contributed by atoms with van der Waals surface area (Å²) in [6.07, 6.45) is 2.27. The van der Waals surface area contributed by atoms with Gasteiger partial charge in [0, 0.05) is 11.6 Å². The van der Waals surface area contributed by atoms with Crippen molar-refractivity contribution in [3.8, 4) is 5.75 Å². The van der Waals surface area contributed by atoms with Crippen LogP contribution in [0.3, 0.4) is 0 Å². The Morgan fingerprint density at radius 3 is 2.78 bits per heavy atom. The highest BCUT2D eigenvalue weighted by Crippen LogP contribution is 2.41. The summed E-state index contributed by atoms with van der Waals surface area (Å²) in [5.41, 5.74) is 2.81. The third-order valence-corrected chi connectivity index (χ3v) is 4.30. The van der Waals surface area contributed by atoms with Crippen molar-refractivity contribution in [3.63, 3.8) is 0 Å². The molecule has 1 atom stereocenters. The minimum atomic E-state index is 0.0326. The number of aromatic nitrogens is 1. The van der Waals surface area contributed by atoms with Gasteiger partial charge in [0.2, 0.25) is 5.91 Å². The molecule has 114 valence electrons. The molecule has 1 aliphatic heterocycles. The zero-order valence-corrected chi connectivity index (χ0v) is 12.8. The molecule has 2 aromatic carbocycles. The zero-order valence-electron chi connectivity index (χ0n) is 12.8. The highest BCUT2D eigenvalue weighted by atomic mass is 16.5. The van der Waals surface area contributed by atoms with E-state index >= 15 is 0 Å². The van der Waals surface area contributed by atoms with Crippen LogP contribution in [0.1, 0.15) is 18.0 Å². The number of fused-ring (bicyclic) bond motifs is 1. The van der Waals surface area contributed by atoms with E-state index in [0.29, 0.717) is 6.42 Å². The smallest absolute Gasteiger partial charge is 0.230 e. The number of pyridine rings is 1. The summed E-state index contributed by atoms with van der Waals surface area (Å²) in [4.78, 5) is 18.6. The number of ether oxygens (including phenoxy) is 1. The van der Waals surface area contributed by atoms with Gasteiger partial charge < -0.3 is 9.64 Å². The van der Waals surface area contributed by atoms with E-state index in [4.69, 9.17) is 4.74 Å². The van der Waals surface area contributed by atoms with Crippen LogP contribution in [0.25, 0.3) is 10.9 Å². The fraction of sp³-hybridized carbons (Fsp3) is 0.158. The van der Waals surface area contributed by atoms with Crippen LogP contribution in [0, 0.1) is 0 Å². The van der Waals surface area contributed by atoms with Crippen LogP contribution in [0.2, 0.25) is 0 Å². The Morgan fingerprint density at radius 1 is 1.13 bits per heavy atom. The summed E-state index contributed by atoms with van der Waals surface area (Å²) in [6, 6.07) is 17.8. The van der Waals surface area contributed by atoms with E-state index in [-0.39, 0.29) is 11.9 Å². The summed E-state index contributed by atoms with van der Waals surface area (Å²) < 4.78 is 5.30. The first-order valence-corrected chi connectivity index (χ1v) is 7.57. The standard InChI is InChI=1S/C19H16N2O2/c1-23-15-8-2-6-14(11-15)17-12-18(22)21(17)16-9-3-5-13-7-4-10-20-19(13)16/h2-11,17H,12H2,1H3. The second-order valence-electron chi connectivity index (χ2n) is 5.61. The molecular weight excluding hydrogens is 288 g/mol. The summed E-state index contributed by atoms with van der Waals surface area (Å²) in [5.74, 6) is 0.925. The molecular formula is C19H16N2O2. The minimum absolute atomic E-state index is 0.0326. The Kier molecular flexibility index (Phi) is 3.23. The van der Waals surface area contributed by atoms with Crippen molar-refractivity contribution in [2.24, 2.45) is 0 Å². The molecule has 3 aromatic rings. The van der Waals surface area contributed by atoms with Gasteiger partial charge >= 0.3 is 0 Å². The summed E-state index contributed by atoms with van der Waals surface area (Å²) in [7, 11) is 1.65. The third-order valence-electron chi connectivity index (χ3n) is 4.30. The lowest BCUT2D eigenvalue weighted by Gasteiger charge is -2.41. The van der Waals surface area contributed by atoms with Crippen LogP contribution in [0.5, 0.6) is 5.75 Å². The Morgan fingerprint density at radius 2 is 1.96 bits per heavy atom. The van der Waals surface area contributed by atoms with Gasteiger partial charge in [-0.15, -0.1) is 0 Å². The number of hydrogen-bond acceptors (Lipinski definition) is 3. The van der Waals surface area contributed by atoms with E-state index in [0.717, 1.165) is 27.9 Å². The maximum atomic E-state index is 12.3. The summed E-state index contributed by atoms with van der Waals surface area (Å²) in [5, 5.41) is 1.04. The molecule has 0 N–H and O–H groups in total. The number of anilines is 1. The number of hydrogen-bond donors (Lipinski definition) is 0. The van der Waals surface area contributed by atoms with Gasteiger partial charge in [-0.3, -0.25) is 9.78 Å². The molecule has 1 aromatic heterocycles. The maximum Gasteiger partial charge on any atom is 0.230 e. The first kappa shape index (κ1) is 13.8. The van der Waals surface area contributed by atoms with Crippen molar-refractivity contribution in [1.29, 1.82) is 0 Å². The van der Waals surface area contributed by atoms with Crippen LogP contribution in [0.4, 0.5) is 5.69 Å². The quantitative estimate of drug-likeness (QED) is 0.693. The second kappa shape index (κ2) is 5.39. The first-order valence-electron chi connectivity index (χ1n) is 7.57. The van der Waals surface area contributed by atoms with E-state index < -0.39 is 0 Å². The van der Waals surface area contributed by atoms with Crippen molar-refractivity contribution in [3.05, 3.63) is 66.4 Å². The van der Waals surface area contributed by atoms with Crippen molar-refractivity contribution in [2.75, 3.05) is 12.0 Å². The predicted octanol–water partition coefficient (Wildman–Crippen LogP) is 3.72. The number of rotatable bonds is 3. The van der Waals surface area contributed by atoms with Gasteiger partial charge in [-0.05, 0) is 29.8 Å². The van der Waals surface area contributed by atoms with Crippen LogP contribution in [-0.2, 0) is 4.79 Å². The van der Waals surface area contributed by atoms with Crippen molar-refractivity contribution in [1.82, 2.24) is 4.98 Å². The van der Waals surface area contributed by atoms with Crippen LogP contribution in [-0.4, -0.2) is 18.0 Å². The molecule has 0 saturated carbocycles. The molecule has 1 aliphatic rings. The molecule has 1 amide bonds. The van der Waals surface area contributed by atoms with E-state index in [1.165, 1.54) is 0 Å². The molecule has 1 unspecified atom stereocenters. The SMILES string of the molecule is COc1cccc(C2CC(=O)N2c2cccc3cccnc23)c1. The van der Waals surface area contributed by atoms with Crippen molar-refractivity contribution >= 4 is 22.5 Å². The Labute approximate surface area is 134 Å². The molecule has 2 heterocycles. The van der Waals surface area contributed by atoms with Gasteiger partial charge in [0.25, 0.3) is 0 Å². The van der Waals surface area contributed by atoms with E-state index in [9.17, 15) is 4.79 Å². The number of amides is 1. The largest absolute Gasteiger partial charge is 0.497 e. The average molecular weight is 304 g/mol. The lowest BCUT2D eigenvalue weighted by Crippen LogP contribution is -2.46. The summed E-state index contributed by atoms with van der Waals surface area (Å²) in [6.45, 7) is 0. The number of methoxy groups -OCH3 is 1. The number of nitrogens with zero attached hydrogens (tertiary/aromatic N) is 2. The Bertz CT molecular complexity index is 886. The van der Waals surface area contributed by atoms with Crippen molar-refractivity contribution in [2.45, 2.75) is 12.5 Å². The molecule has 4 nitrogen and oxygen atoms in total. The van der Waals surface area contributed by atoms with Crippen molar-refractivity contribution < 1.29 is 9.53 Å². The van der Waals surface area contributed by atoms with Crippen LogP contribution in [0.15, 0.2) is 60.8 Å². The molecule has 23 heavy (non-hydrogen) atoms. The number of carbonyl (C=O) groups is 1. The van der Waals surface area contributed by atoms with Crippen LogP contribution >= 0.6 is 0 Å². The molecule has 0 aliphatic carbocycles. The lowest BCUT2D eigenvalue weighted by molar-refractivity contribution is -0.124. The third kappa shape index (κ3) is 2.23. The maximum absolute atomic E-state index is 12.3. The monoisotopic (exact) mass is 304 g/mol. The highest BCUT2D eigenvalue weighted by Gasteiger charge is 2.39. The first-order chi connectivity index (χ1) is 11.3. The number of carbonyl (C=O) groups excluding carboxylic acids is 1. The molecule has 0 spiro atoms. The van der Waals surface area contributed by atoms with Gasteiger partial charge in [-0.2, -0.15) is 0 Å². The highest BCUT2D eigenvalue weighted by molar-refractivity contribution is 6.07. The number of para-hydroxylation sites is 1.